The molecule has 0 aromatic rings. The number of Topliss-reactive ketones (excluding diaryl/α,β-unsaturated/α-hetero) is 1. The van der Waals surface area contributed by atoms with Gasteiger partial charge in [0, 0.05) is 18.3 Å². The highest BCUT2D eigenvalue weighted by Crippen LogP contribution is 2.88. The van der Waals surface area contributed by atoms with Gasteiger partial charge in [-0.3, -0.25) is 4.79 Å². The van der Waals surface area contributed by atoms with E-state index < -0.39 is 48.4 Å². The lowest BCUT2D eigenvalue weighted by Gasteiger charge is -2.63. The fraction of sp³-hybridized carbons (Fsp3) is 0.971. The quantitative estimate of drug-likeness (QED) is 0.265. The van der Waals surface area contributed by atoms with E-state index in [1.54, 1.807) is 0 Å². The lowest BCUT2D eigenvalue weighted by Crippen LogP contribution is -2.62. The van der Waals surface area contributed by atoms with Crippen molar-refractivity contribution in [2.75, 3.05) is 6.61 Å². The van der Waals surface area contributed by atoms with Crippen molar-refractivity contribution in [1.29, 1.82) is 0 Å². The predicted octanol–water partition coefficient (Wildman–Crippen LogP) is 2.67. The number of hydrogen-bond acceptors (Lipinski definition) is 10. The number of epoxide rings is 1. The Morgan fingerprint density at radius 1 is 0.867 bits per heavy atom. The first-order valence-corrected chi connectivity index (χ1v) is 17.6. The van der Waals surface area contributed by atoms with Crippen LogP contribution < -0.4 is 0 Å². The van der Waals surface area contributed by atoms with Crippen LogP contribution in [0.3, 0.4) is 0 Å². The van der Waals surface area contributed by atoms with Crippen molar-refractivity contribution in [2.24, 2.45) is 50.7 Å². The van der Waals surface area contributed by atoms with Gasteiger partial charge in [-0.25, -0.2) is 0 Å². The van der Waals surface area contributed by atoms with Crippen LogP contribution in [-0.2, 0) is 28.5 Å². The van der Waals surface area contributed by atoms with Crippen LogP contribution in [-0.4, -0.2) is 93.4 Å². The van der Waals surface area contributed by atoms with E-state index >= 15 is 0 Å². The zero-order valence-corrected chi connectivity index (χ0v) is 27.5. The van der Waals surface area contributed by atoms with Crippen molar-refractivity contribution in [2.45, 2.75) is 154 Å². The third-order valence-electron chi connectivity index (χ3n) is 16.2. The molecule has 252 valence electrons. The average molecular weight is 633 g/mol. The molecular formula is C35H52O10. The smallest absolute Gasteiger partial charge is 0.201 e. The van der Waals surface area contributed by atoms with Gasteiger partial charge < -0.3 is 44.1 Å². The van der Waals surface area contributed by atoms with Gasteiger partial charge in [-0.15, -0.1) is 0 Å². The monoisotopic (exact) mass is 632 g/mol. The molecule has 0 bridgehead atoms. The number of ether oxygens (including phenoxy) is 5. The average Bonchev–Trinajstić information content (AvgIpc) is 3.82. The zero-order chi connectivity index (χ0) is 31.9. The summed E-state index contributed by atoms with van der Waals surface area (Å²) in [7, 11) is 0. The van der Waals surface area contributed by atoms with E-state index in [9.17, 15) is 25.2 Å². The van der Waals surface area contributed by atoms with E-state index in [0.717, 1.165) is 44.9 Å². The highest BCUT2D eigenvalue weighted by Gasteiger charge is 2.87. The number of rotatable bonds is 2. The molecule has 4 heterocycles. The highest BCUT2D eigenvalue weighted by atomic mass is 16.8. The summed E-state index contributed by atoms with van der Waals surface area (Å²) in [6, 6.07) is 0. The standard InChI is InChI=1S/C35H52O10/c1-16-12-35(27-32(6,44-27)28(40)45-35)43-18-13-31(5)20-8-7-19-29(2,3)22(42-26-25(39)24(38)17(36)14-41-26)11-21(37)34(19)15-33(20,34)10-9-30(31,4)23(16)18/h16-20,22-28,36,38-40H,7-15H2,1-6H3/t16-,17-,18+,19?,20+,22+,23+,24+,25-,26+,27-,28?,30-,31+,32+,33+,34-,35-/m1/s1. The molecule has 4 aliphatic heterocycles. The number of carbonyl (C=O) groups excluding carboxylic acids is 1. The van der Waals surface area contributed by atoms with E-state index in [-0.39, 0.29) is 64.0 Å². The molecule has 0 radical (unpaired) electrons. The molecule has 3 spiro atoms. The van der Waals surface area contributed by atoms with Gasteiger partial charge in [0.2, 0.25) is 5.79 Å². The molecule has 10 nitrogen and oxygen atoms in total. The predicted molar refractivity (Wildman–Crippen MR) is 157 cm³/mol. The summed E-state index contributed by atoms with van der Waals surface area (Å²) in [5.74, 6) is 0.739. The van der Waals surface area contributed by atoms with Crippen LogP contribution in [0.2, 0.25) is 0 Å². The summed E-state index contributed by atoms with van der Waals surface area (Å²) in [6.45, 7) is 13.6. The van der Waals surface area contributed by atoms with Crippen LogP contribution in [0.15, 0.2) is 0 Å². The van der Waals surface area contributed by atoms with Crippen LogP contribution in [0, 0.1) is 50.7 Å². The van der Waals surface area contributed by atoms with E-state index in [0.29, 0.717) is 17.8 Å². The summed E-state index contributed by atoms with van der Waals surface area (Å²) in [5, 5.41) is 41.4. The number of ketones is 1. The van der Waals surface area contributed by atoms with Crippen molar-refractivity contribution >= 4 is 5.78 Å². The molecule has 5 aliphatic carbocycles. The molecule has 4 N–H and O–H groups in total. The fourth-order valence-corrected chi connectivity index (χ4v) is 13.9. The first kappa shape index (κ1) is 30.4. The first-order chi connectivity index (χ1) is 21.0. The van der Waals surface area contributed by atoms with Crippen molar-refractivity contribution in [1.82, 2.24) is 0 Å². The molecule has 9 aliphatic rings. The second-order valence-corrected chi connectivity index (χ2v) is 18.2. The van der Waals surface area contributed by atoms with E-state index in [1.807, 2.05) is 6.92 Å². The second-order valence-electron chi connectivity index (χ2n) is 18.2. The summed E-state index contributed by atoms with van der Waals surface area (Å²) >= 11 is 0. The number of aliphatic hydroxyl groups is 4. The third-order valence-corrected chi connectivity index (χ3v) is 16.2. The molecule has 10 heteroatoms. The van der Waals surface area contributed by atoms with Gasteiger partial charge in [-0.1, -0.05) is 34.6 Å². The van der Waals surface area contributed by atoms with Crippen molar-refractivity contribution < 1.29 is 48.9 Å². The summed E-state index contributed by atoms with van der Waals surface area (Å²) in [5.41, 5.74) is -1.29. The first-order valence-electron chi connectivity index (χ1n) is 17.6. The number of hydrogen-bond donors (Lipinski definition) is 4. The van der Waals surface area contributed by atoms with E-state index in [2.05, 4.69) is 34.6 Å². The Morgan fingerprint density at radius 3 is 2.29 bits per heavy atom. The normalized spacial score (nSPS) is 65.2. The maximum atomic E-state index is 14.5. The molecule has 5 saturated carbocycles. The minimum Gasteiger partial charge on any atom is -0.388 e. The van der Waals surface area contributed by atoms with Crippen LogP contribution in [0.4, 0.5) is 0 Å². The summed E-state index contributed by atoms with van der Waals surface area (Å²) in [6.07, 6.45) is 0.439. The van der Waals surface area contributed by atoms with Gasteiger partial charge in [-0.2, -0.15) is 0 Å². The van der Waals surface area contributed by atoms with Crippen LogP contribution in [0.25, 0.3) is 0 Å². The topological polar surface area (TPSA) is 147 Å². The molecule has 0 amide bonds. The number of fused-ring (bicyclic) bond motifs is 6. The van der Waals surface area contributed by atoms with Gasteiger partial charge in [0.1, 0.15) is 35.8 Å². The van der Waals surface area contributed by atoms with Crippen LogP contribution in [0.1, 0.15) is 92.9 Å². The molecule has 0 aromatic heterocycles. The fourth-order valence-electron chi connectivity index (χ4n) is 13.9. The number of carbonyl (C=O) groups is 1. The Balaban J connectivity index is 0.997. The minimum atomic E-state index is -1.37. The van der Waals surface area contributed by atoms with Gasteiger partial charge in [-0.05, 0) is 90.8 Å². The Labute approximate surface area is 265 Å². The molecule has 18 atom stereocenters. The second kappa shape index (κ2) is 8.72. The minimum absolute atomic E-state index is 0.00850. The third kappa shape index (κ3) is 3.32. The Morgan fingerprint density at radius 2 is 1.60 bits per heavy atom. The van der Waals surface area contributed by atoms with Crippen molar-refractivity contribution in [3.05, 3.63) is 0 Å². The van der Waals surface area contributed by atoms with E-state index in [1.165, 1.54) is 0 Å². The summed E-state index contributed by atoms with van der Waals surface area (Å²) in [4.78, 5) is 14.5. The molecule has 2 unspecified atom stereocenters. The van der Waals surface area contributed by atoms with Gasteiger partial charge >= 0.3 is 0 Å². The van der Waals surface area contributed by atoms with Gasteiger partial charge in [0.25, 0.3) is 0 Å². The zero-order valence-electron chi connectivity index (χ0n) is 27.5. The molecule has 0 aromatic carbocycles. The van der Waals surface area contributed by atoms with Gasteiger partial charge in [0.05, 0.1) is 18.8 Å². The number of aliphatic hydroxyl groups excluding tert-OH is 4. The summed E-state index contributed by atoms with van der Waals surface area (Å²) < 4.78 is 31.1. The lowest BCUT2D eigenvalue weighted by molar-refractivity contribution is -0.344. The molecule has 45 heavy (non-hydrogen) atoms. The van der Waals surface area contributed by atoms with Crippen molar-refractivity contribution in [3.8, 4) is 0 Å². The Bertz CT molecular complexity index is 1320. The SMILES string of the molecule is C[C@@H]1C[C@]2(OC(O)[C@@]3(C)O[C@@H]23)O[C@H]2C[C@@]3(C)[C@@H]4CCC5C(C)(C)[C@@H](O[C@@H]6OC[C@@H](O)[C@H](O)[C@H]6O)CC(=O)[C@@]56C[C@@]46CC[C@]3(C)[C@@H]12. The lowest BCUT2D eigenvalue weighted by atomic mass is 9.41. The Hall–Kier alpha value is -0.690. The van der Waals surface area contributed by atoms with Crippen LogP contribution in [0.5, 0.6) is 0 Å². The maximum absolute atomic E-state index is 14.5. The molecule has 4 saturated heterocycles. The molecule has 9 fully saturated rings. The van der Waals surface area contributed by atoms with Gasteiger partial charge in [0.15, 0.2) is 12.6 Å². The molecular weight excluding hydrogens is 580 g/mol. The Kier molecular flexibility index (Phi) is 5.88. The largest absolute Gasteiger partial charge is 0.388 e. The maximum Gasteiger partial charge on any atom is 0.201 e. The van der Waals surface area contributed by atoms with Crippen LogP contribution >= 0.6 is 0 Å². The van der Waals surface area contributed by atoms with E-state index in [4.69, 9.17) is 23.7 Å². The van der Waals surface area contributed by atoms with Crippen molar-refractivity contribution in [3.63, 3.8) is 0 Å². The highest BCUT2D eigenvalue weighted by molar-refractivity contribution is 5.91. The molecule has 9 rings (SSSR count).